The Balaban J connectivity index is 4.42. The second-order valence-corrected chi connectivity index (χ2v) is 2.03. The third-order valence-corrected chi connectivity index (χ3v) is 1.12. The van der Waals surface area contributed by atoms with Gasteiger partial charge in [-0.25, -0.2) is 4.79 Å². The molecule has 3 amide bonds. The van der Waals surface area contributed by atoms with Gasteiger partial charge in [-0.3, -0.25) is 4.79 Å². The van der Waals surface area contributed by atoms with Crippen molar-refractivity contribution in [1.29, 1.82) is 5.26 Å². The van der Waals surface area contributed by atoms with E-state index in [0.717, 1.165) is 6.21 Å². The van der Waals surface area contributed by atoms with Crippen LogP contribution in [0.4, 0.5) is 4.79 Å². The van der Waals surface area contributed by atoms with E-state index in [9.17, 15) is 9.59 Å². The molecule has 7 nitrogen and oxygen atoms in total. The zero-order valence-corrected chi connectivity index (χ0v) is 7.85. The summed E-state index contributed by atoms with van der Waals surface area (Å²) in [4.78, 5) is 26.7. The van der Waals surface area contributed by atoms with Gasteiger partial charge in [-0.1, -0.05) is 5.16 Å². The second-order valence-electron chi connectivity index (χ2n) is 2.03. The van der Waals surface area contributed by atoms with Crippen LogP contribution in [0.5, 0.6) is 0 Å². The summed E-state index contributed by atoms with van der Waals surface area (Å²) in [7, 11) is 1.24. The summed E-state index contributed by atoms with van der Waals surface area (Å²) in [5, 5.41) is 13.9. The van der Waals surface area contributed by atoms with Gasteiger partial charge in [-0.05, 0) is 6.92 Å². The van der Waals surface area contributed by atoms with Gasteiger partial charge in [-0.2, -0.15) is 10.2 Å². The van der Waals surface area contributed by atoms with Gasteiger partial charge in [0.05, 0.1) is 0 Å². The maximum Gasteiger partial charge on any atom is 0.338 e. The first-order valence-corrected chi connectivity index (χ1v) is 3.75. The lowest BCUT2D eigenvalue weighted by molar-refractivity contribution is -0.118. The summed E-state index contributed by atoms with van der Waals surface area (Å²) in [5.74, 6) is -0.861. The summed E-state index contributed by atoms with van der Waals surface area (Å²) in [6.45, 7) is 1.99. The fraction of sp³-hybridized carbons (Fsp3) is 0.429. The molecule has 76 valence electrons. The van der Waals surface area contributed by atoms with Crippen molar-refractivity contribution in [3.8, 4) is 6.19 Å². The van der Waals surface area contributed by atoms with Gasteiger partial charge >= 0.3 is 6.03 Å². The number of hydrogen-bond acceptors (Lipinski definition) is 5. The van der Waals surface area contributed by atoms with Crippen molar-refractivity contribution in [1.82, 2.24) is 10.2 Å². The molecule has 0 aliphatic rings. The van der Waals surface area contributed by atoms with Crippen LogP contribution in [-0.2, 0) is 9.63 Å². The highest BCUT2D eigenvalue weighted by molar-refractivity contribution is 6.30. The number of nitrogens with zero attached hydrogens (tertiary/aromatic N) is 3. The van der Waals surface area contributed by atoms with E-state index in [1.54, 1.807) is 6.92 Å². The highest BCUT2D eigenvalue weighted by Gasteiger charge is 2.18. The molecule has 0 spiro atoms. The molecule has 7 heteroatoms. The summed E-state index contributed by atoms with van der Waals surface area (Å²) >= 11 is 0. The molecule has 0 aromatic heterocycles. The van der Waals surface area contributed by atoms with Gasteiger partial charge in [0.2, 0.25) is 0 Å². The van der Waals surface area contributed by atoms with Crippen LogP contribution in [-0.4, -0.2) is 36.7 Å². The molecule has 0 aliphatic heterocycles. The van der Waals surface area contributed by atoms with Gasteiger partial charge in [0.1, 0.15) is 13.3 Å². The minimum absolute atomic E-state index is 0.325. The van der Waals surface area contributed by atoms with Gasteiger partial charge in [0.25, 0.3) is 5.91 Å². The molecule has 1 N–H and O–H groups in total. The van der Waals surface area contributed by atoms with E-state index in [4.69, 9.17) is 5.26 Å². The zero-order chi connectivity index (χ0) is 11.0. The van der Waals surface area contributed by atoms with Crippen molar-refractivity contribution < 1.29 is 14.4 Å². The molecule has 0 bridgehead atoms. The number of carbonyl (C=O) groups is 2. The quantitative estimate of drug-likeness (QED) is 0.290. The van der Waals surface area contributed by atoms with Crippen LogP contribution < -0.4 is 5.32 Å². The first-order valence-electron chi connectivity index (χ1n) is 3.75. The lowest BCUT2D eigenvalue weighted by Crippen LogP contribution is -2.41. The Morgan fingerprint density at radius 2 is 2.36 bits per heavy atom. The van der Waals surface area contributed by atoms with Gasteiger partial charge in [0.15, 0.2) is 6.19 Å². The minimum atomic E-state index is -0.861. The number of carbonyl (C=O) groups excluding carboxylic acids is 2. The van der Waals surface area contributed by atoms with Crippen LogP contribution in [0.15, 0.2) is 5.16 Å². The fourth-order valence-electron chi connectivity index (χ4n) is 0.581. The summed E-state index contributed by atoms with van der Waals surface area (Å²) in [5.41, 5.74) is 0. The molecule has 0 radical (unpaired) electrons. The van der Waals surface area contributed by atoms with E-state index in [0.29, 0.717) is 11.4 Å². The number of oxime groups is 1. The fourth-order valence-corrected chi connectivity index (χ4v) is 0.581. The molecule has 0 rings (SSSR count). The SMILES string of the molecule is CCNC(=O)N(C#N)C(=O)C=NOC. The van der Waals surface area contributed by atoms with Crippen molar-refractivity contribution in [2.45, 2.75) is 6.92 Å². The van der Waals surface area contributed by atoms with Gasteiger partial charge < -0.3 is 10.2 Å². The van der Waals surface area contributed by atoms with Crippen LogP contribution in [0, 0.1) is 11.5 Å². The lowest BCUT2D eigenvalue weighted by Gasteiger charge is -2.08. The van der Waals surface area contributed by atoms with E-state index in [-0.39, 0.29) is 0 Å². The maximum atomic E-state index is 11.1. The Bertz CT molecular complexity index is 281. The van der Waals surface area contributed by atoms with Crippen molar-refractivity contribution in [3.05, 3.63) is 0 Å². The Morgan fingerprint density at radius 1 is 1.71 bits per heavy atom. The normalized spacial score (nSPS) is 9.21. The molecule has 0 atom stereocenters. The smallest absolute Gasteiger partial charge is 0.338 e. The van der Waals surface area contributed by atoms with E-state index in [1.807, 2.05) is 0 Å². The van der Waals surface area contributed by atoms with E-state index >= 15 is 0 Å². The third-order valence-electron chi connectivity index (χ3n) is 1.12. The number of urea groups is 1. The van der Waals surface area contributed by atoms with Gasteiger partial charge in [0, 0.05) is 6.54 Å². The van der Waals surface area contributed by atoms with E-state index < -0.39 is 11.9 Å². The molecule has 14 heavy (non-hydrogen) atoms. The minimum Gasteiger partial charge on any atom is -0.399 e. The first-order chi connectivity index (χ1) is 6.67. The molecule has 0 saturated carbocycles. The van der Waals surface area contributed by atoms with Crippen molar-refractivity contribution >= 4 is 18.2 Å². The first kappa shape index (κ1) is 11.9. The molecule has 0 fully saturated rings. The molecule has 0 heterocycles. The number of amides is 3. The molecule has 0 unspecified atom stereocenters. The Hall–Kier alpha value is -2.10. The third kappa shape index (κ3) is 3.53. The van der Waals surface area contributed by atoms with Crippen LogP contribution in [0.1, 0.15) is 6.92 Å². The molecular formula is C7H10N4O3. The number of rotatable bonds is 3. The molecule has 0 aromatic carbocycles. The Labute approximate surface area is 80.9 Å². The summed E-state index contributed by atoms with van der Waals surface area (Å²) in [6, 6.07) is -0.789. The van der Waals surface area contributed by atoms with E-state index in [1.165, 1.54) is 13.3 Å². The molecule has 0 aliphatic carbocycles. The second kappa shape index (κ2) is 6.42. The number of hydrogen-bond donors (Lipinski definition) is 1. The predicted molar refractivity (Wildman–Crippen MR) is 47.0 cm³/mol. The number of nitrogens with one attached hydrogen (secondary N) is 1. The van der Waals surface area contributed by atoms with Crippen LogP contribution in [0.2, 0.25) is 0 Å². The predicted octanol–water partition coefficient (Wildman–Crippen LogP) is -0.342. The van der Waals surface area contributed by atoms with Crippen molar-refractivity contribution in [2.75, 3.05) is 13.7 Å². The van der Waals surface area contributed by atoms with Crippen molar-refractivity contribution in [3.63, 3.8) is 0 Å². The standard InChI is InChI=1S/C7H10N4O3/c1-3-9-7(13)11(5-8)6(12)4-10-14-2/h4H,3H2,1-2H3,(H,9,13). The van der Waals surface area contributed by atoms with Gasteiger partial charge in [-0.15, -0.1) is 0 Å². The Kier molecular flexibility index (Phi) is 5.46. The highest BCUT2D eigenvalue weighted by Crippen LogP contribution is 1.87. The topological polar surface area (TPSA) is 94.8 Å². The summed E-state index contributed by atoms with van der Waals surface area (Å²) in [6.07, 6.45) is 2.15. The zero-order valence-electron chi connectivity index (χ0n) is 7.85. The van der Waals surface area contributed by atoms with Crippen LogP contribution in [0.3, 0.4) is 0 Å². The van der Waals surface area contributed by atoms with Crippen LogP contribution >= 0.6 is 0 Å². The average molecular weight is 198 g/mol. The largest absolute Gasteiger partial charge is 0.399 e. The van der Waals surface area contributed by atoms with Crippen LogP contribution in [0.25, 0.3) is 0 Å². The maximum absolute atomic E-state index is 11.1. The monoisotopic (exact) mass is 198 g/mol. The highest BCUT2D eigenvalue weighted by atomic mass is 16.6. The Morgan fingerprint density at radius 3 is 2.79 bits per heavy atom. The molecule has 0 aromatic rings. The van der Waals surface area contributed by atoms with E-state index in [2.05, 4.69) is 15.3 Å². The number of nitriles is 1. The van der Waals surface area contributed by atoms with Crippen molar-refractivity contribution in [2.24, 2.45) is 5.16 Å². The lowest BCUT2D eigenvalue weighted by atomic mass is 10.5. The molecule has 0 saturated heterocycles. The molecular weight excluding hydrogens is 188 g/mol. The number of imide groups is 1. The average Bonchev–Trinajstić information content (AvgIpc) is 2.16. The summed E-state index contributed by atoms with van der Waals surface area (Å²) < 4.78 is 0.